The fourth-order valence-electron chi connectivity index (χ4n) is 2.99. The second-order valence-electron chi connectivity index (χ2n) is 5.22. The molecule has 0 saturated carbocycles. The monoisotopic (exact) mass is 308 g/mol. The number of halogens is 1. The van der Waals surface area contributed by atoms with Crippen molar-refractivity contribution in [1.29, 1.82) is 0 Å². The fourth-order valence-corrected chi connectivity index (χ4v) is 3.37. The Morgan fingerprint density at radius 2 is 2.28 bits per heavy atom. The fraction of sp³-hybridized carbons (Fsp3) is 0.500. The molecule has 0 spiro atoms. The summed E-state index contributed by atoms with van der Waals surface area (Å²) in [6.45, 7) is 2.17. The number of nitrogens with one attached hydrogen (secondary N) is 2. The second kappa shape index (κ2) is 5.02. The average Bonchev–Trinajstić information content (AvgIpc) is 2.67. The van der Waals surface area contributed by atoms with Gasteiger partial charge in [0.25, 0.3) is 0 Å². The van der Waals surface area contributed by atoms with Crippen molar-refractivity contribution in [1.82, 2.24) is 5.32 Å². The minimum atomic E-state index is 0.0300. The third-order valence-electron chi connectivity index (χ3n) is 3.93. The Labute approximate surface area is 115 Å². The normalized spacial score (nSPS) is 26.8. The molecule has 1 amide bonds. The van der Waals surface area contributed by atoms with Crippen molar-refractivity contribution in [2.75, 3.05) is 18.4 Å². The van der Waals surface area contributed by atoms with Crippen LogP contribution in [0.4, 0.5) is 5.69 Å². The third kappa shape index (κ3) is 2.31. The molecular formula is C14H17BrN2O. The van der Waals surface area contributed by atoms with Gasteiger partial charge >= 0.3 is 0 Å². The third-order valence-corrected chi connectivity index (χ3v) is 4.42. The van der Waals surface area contributed by atoms with Gasteiger partial charge in [-0.1, -0.05) is 15.9 Å². The van der Waals surface area contributed by atoms with Gasteiger partial charge in [-0.3, -0.25) is 4.79 Å². The summed E-state index contributed by atoms with van der Waals surface area (Å²) in [4.78, 5) is 12.1. The standard InChI is InChI=1S/C14H17BrN2O/c15-10-3-4-13-11(7-10)12(14(18)17-13)6-9-2-1-5-16-8-9/h3-4,7,9,12,16H,1-2,5-6,8H2,(H,17,18). The molecule has 96 valence electrons. The summed E-state index contributed by atoms with van der Waals surface area (Å²) in [5.74, 6) is 0.815. The molecule has 1 aromatic rings. The molecule has 4 heteroatoms. The number of amides is 1. The Bertz CT molecular complexity index is 469. The van der Waals surface area contributed by atoms with Crippen LogP contribution in [-0.2, 0) is 4.79 Å². The van der Waals surface area contributed by atoms with Gasteiger partial charge in [0.2, 0.25) is 5.91 Å². The number of rotatable bonds is 2. The number of carbonyl (C=O) groups excluding carboxylic acids is 1. The van der Waals surface area contributed by atoms with Crippen molar-refractivity contribution in [2.24, 2.45) is 5.92 Å². The van der Waals surface area contributed by atoms with Crippen LogP contribution in [0.1, 0.15) is 30.7 Å². The van der Waals surface area contributed by atoms with Gasteiger partial charge in [0.15, 0.2) is 0 Å². The van der Waals surface area contributed by atoms with E-state index >= 15 is 0 Å². The van der Waals surface area contributed by atoms with E-state index in [9.17, 15) is 4.79 Å². The van der Waals surface area contributed by atoms with Crippen LogP contribution in [0, 0.1) is 5.92 Å². The molecule has 2 atom stereocenters. The van der Waals surface area contributed by atoms with Crippen molar-refractivity contribution < 1.29 is 4.79 Å². The summed E-state index contributed by atoms with van der Waals surface area (Å²) in [6, 6.07) is 6.04. The van der Waals surface area contributed by atoms with Crippen molar-refractivity contribution in [3.63, 3.8) is 0 Å². The Morgan fingerprint density at radius 1 is 1.39 bits per heavy atom. The SMILES string of the molecule is O=C1Nc2ccc(Br)cc2C1CC1CCCNC1. The topological polar surface area (TPSA) is 41.1 Å². The molecule has 2 unspecified atom stereocenters. The Morgan fingerprint density at radius 3 is 3.06 bits per heavy atom. The van der Waals surface area contributed by atoms with Crippen molar-refractivity contribution >= 4 is 27.5 Å². The second-order valence-corrected chi connectivity index (χ2v) is 6.14. The first-order valence-corrected chi connectivity index (χ1v) is 7.34. The smallest absolute Gasteiger partial charge is 0.232 e. The Hall–Kier alpha value is -0.870. The highest BCUT2D eigenvalue weighted by Crippen LogP contribution is 2.38. The zero-order valence-electron chi connectivity index (χ0n) is 10.2. The molecule has 3 rings (SSSR count). The summed E-state index contributed by atoms with van der Waals surface area (Å²) < 4.78 is 1.05. The van der Waals surface area contributed by atoms with Gasteiger partial charge in [0.1, 0.15) is 0 Å². The lowest BCUT2D eigenvalue weighted by atomic mass is 9.86. The predicted molar refractivity (Wildman–Crippen MR) is 75.7 cm³/mol. The minimum Gasteiger partial charge on any atom is -0.325 e. The van der Waals surface area contributed by atoms with E-state index in [1.165, 1.54) is 12.8 Å². The summed E-state index contributed by atoms with van der Waals surface area (Å²) in [7, 11) is 0. The first-order chi connectivity index (χ1) is 8.74. The lowest BCUT2D eigenvalue weighted by Crippen LogP contribution is -2.31. The number of hydrogen-bond donors (Lipinski definition) is 2. The Balaban J connectivity index is 1.80. The molecular weight excluding hydrogens is 292 g/mol. The van der Waals surface area contributed by atoms with Crippen LogP contribution >= 0.6 is 15.9 Å². The number of anilines is 1. The molecule has 2 aliphatic rings. The zero-order chi connectivity index (χ0) is 12.5. The van der Waals surface area contributed by atoms with Crippen LogP contribution < -0.4 is 10.6 Å². The molecule has 1 saturated heterocycles. The van der Waals surface area contributed by atoms with E-state index in [2.05, 4.69) is 32.6 Å². The zero-order valence-corrected chi connectivity index (χ0v) is 11.8. The summed E-state index contributed by atoms with van der Waals surface area (Å²) in [5.41, 5.74) is 2.14. The van der Waals surface area contributed by atoms with Crippen LogP contribution in [0.2, 0.25) is 0 Å². The highest BCUT2D eigenvalue weighted by molar-refractivity contribution is 9.10. The van der Waals surface area contributed by atoms with Crippen LogP contribution in [-0.4, -0.2) is 19.0 Å². The first-order valence-electron chi connectivity index (χ1n) is 6.55. The lowest BCUT2D eigenvalue weighted by Gasteiger charge is -2.24. The summed E-state index contributed by atoms with van der Waals surface area (Å²) >= 11 is 3.49. The first kappa shape index (κ1) is 12.2. The molecule has 2 heterocycles. The quantitative estimate of drug-likeness (QED) is 0.882. The van der Waals surface area contributed by atoms with Gasteiger partial charge in [0.05, 0.1) is 5.92 Å². The van der Waals surface area contributed by atoms with E-state index in [1.807, 2.05) is 12.1 Å². The van der Waals surface area contributed by atoms with Crippen LogP contribution in [0.3, 0.4) is 0 Å². The minimum absolute atomic E-state index is 0.0300. The van der Waals surface area contributed by atoms with E-state index in [0.29, 0.717) is 5.92 Å². The van der Waals surface area contributed by atoms with E-state index < -0.39 is 0 Å². The van der Waals surface area contributed by atoms with Crippen LogP contribution in [0.15, 0.2) is 22.7 Å². The molecule has 1 fully saturated rings. The van der Waals surface area contributed by atoms with Crippen molar-refractivity contribution in [3.8, 4) is 0 Å². The molecule has 0 aliphatic carbocycles. The predicted octanol–water partition coefficient (Wildman–Crippen LogP) is 2.87. The van der Waals surface area contributed by atoms with Crippen LogP contribution in [0.5, 0.6) is 0 Å². The molecule has 2 N–H and O–H groups in total. The van der Waals surface area contributed by atoms with Gasteiger partial charge in [-0.15, -0.1) is 0 Å². The number of hydrogen-bond acceptors (Lipinski definition) is 2. The highest BCUT2D eigenvalue weighted by atomic mass is 79.9. The van der Waals surface area contributed by atoms with Crippen LogP contribution in [0.25, 0.3) is 0 Å². The van der Waals surface area contributed by atoms with E-state index in [-0.39, 0.29) is 11.8 Å². The number of benzene rings is 1. The Kier molecular flexibility index (Phi) is 3.39. The largest absolute Gasteiger partial charge is 0.325 e. The number of carbonyl (C=O) groups is 1. The van der Waals surface area contributed by atoms with Crippen molar-refractivity contribution in [2.45, 2.75) is 25.2 Å². The number of fused-ring (bicyclic) bond motifs is 1. The van der Waals surface area contributed by atoms with Gasteiger partial charge in [-0.25, -0.2) is 0 Å². The lowest BCUT2D eigenvalue weighted by molar-refractivity contribution is -0.117. The molecule has 0 radical (unpaired) electrons. The maximum absolute atomic E-state index is 12.1. The molecule has 1 aromatic carbocycles. The molecule has 0 bridgehead atoms. The van der Waals surface area contributed by atoms with E-state index in [0.717, 1.165) is 35.2 Å². The summed E-state index contributed by atoms with van der Waals surface area (Å²) in [5, 5.41) is 6.40. The summed E-state index contributed by atoms with van der Waals surface area (Å²) in [6.07, 6.45) is 3.42. The number of piperidine rings is 1. The maximum atomic E-state index is 12.1. The molecule has 2 aliphatic heterocycles. The average molecular weight is 309 g/mol. The van der Waals surface area contributed by atoms with Gasteiger partial charge in [0, 0.05) is 10.2 Å². The molecule has 0 aromatic heterocycles. The van der Waals surface area contributed by atoms with E-state index in [1.54, 1.807) is 0 Å². The molecule has 18 heavy (non-hydrogen) atoms. The van der Waals surface area contributed by atoms with Gasteiger partial charge in [-0.2, -0.15) is 0 Å². The van der Waals surface area contributed by atoms with Crippen molar-refractivity contribution in [3.05, 3.63) is 28.2 Å². The highest BCUT2D eigenvalue weighted by Gasteiger charge is 2.32. The van der Waals surface area contributed by atoms with Gasteiger partial charge < -0.3 is 10.6 Å². The maximum Gasteiger partial charge on any atom is 0.232 e. The molecule has 3 nitrogen and oxygen atoms in total. The van der Waals surface area contributed by atoms with Gasteiger partial charge in [-0.05, 0) is 62.0 Å². The van der Waals surface area contributed by atoms with E-state index in [4.69, 9.17) is 0 Å².